The first kappa shape index (κ1) is 12.9. The van der Waals surface area contributed by atoms with Crippen LogP contribution in [0.2, 0.25) is 0 Å². The van der Waals surface area contributed by atoms with Gasteiger partial charge >= 0.3 is 0 Å². The number of likely N-dealkylation sites (tertiary alicyclic amines) is 1. The molecule has 1 saturated heterocycles. The van der Waals surface area contributed by atoms with Crippen LogP contribution in [0.15, 0.2) is 0 Å². The number of hydrogen-bond acceptors (Lipinski definition) is 2. The van der Waals surface area contributed by atoms with Crippen molar-refractivity contribution in [1.82, 2.24) is 4.90 Å². The van der Waals surface area contributed by atoms with Crippen LogP contribution in [-0.4, -0.2) is 34.6 Å². The van der Waals surface area contributed by atoms with Crippen LogP contribution in [0, 0.1) is 11.8 Å². The molecule has 1 saturated carbocycles. The van der Waals surface area contributed by atoms with Crippen LogP contribution < -0.4 is 0 Å². The molecule has 98 valence electrons. The fraction of sp³-hybridized carbons (Fsp3) is 0.929. The Kier molecular flexibility index (Phi) is 3.76. The summed E-state index contributed by atoms with van der Waals surface area (Å²) in [5.41, 5.74) is -0.558. The van der Waals surface area contributed by atoms with Crippen LogP contribution in [-0.2, 0) is 4.79 Å². The lowest BCUT2D eigenvalue weighted by atomic mass is 9.82. The number of hydrogen-bond donors (Lipinski definition) is 1. The minimum atomic E-state index is -0.558. The molecule has 1 N–H and O–H groups in total. The Morgan fingerprint density at radius 1 is 1.18 bits per heavy atom. The van der Waals surface area contributed by atoms with Gasteiger partial charge in [-0.1, -0.05) is 6.92 Å². The van der Waals surface area contributed by atoms with Crippen molar-refractivity contribution >= 4 is 5.91 Å². The average Bonchev–Trinajstić information content (AvgIpc) is 2.29. The Hall–Kier alpha value is -0.570. The maximum atomic E-state index is 12.3. The minimum absolute atomic E-state index is 0.259. The molecule has 0 spiro atoms. The molecule has 0 unspecified atom stereocenters. The first-order chi connectivity index (χ1) is 7.98. The number of piperidine rings is 1. The molecule has 3 heteroatoms. The number of aliphatic hydroxyl groups is 1. The van der Waals surface area contributed by atoms with Crippen LogP contribution in [0.25, 0.3) is 0 Å². The highest BCUT2D eigenvalue weighted by atomic mass is 16.3. The predicted molar refractivity (Wildman–Crippen MR) is 67.6 cm³/mol. The molecule has 0 aromatic heterocycles. The number of carbonyl (C=O) groups excluding carboxylic acids is 1. The van der Waals surface area contributed by atoms with Crippen molar-refractivity contribution in [3.05, 3.63) is 0 Å². The van der Waals surface area contributed by atoms with Crippen molar-refractivity contribution in [1.29, 1.82) is 0 Å². The van der Waals surface area contributed by atoms with Gasteiger partial charge in [-0.15, -0.1) is 0 Å². The summed E-state index contributed by atoms with van der Waals surface area (Å²) in [5.74, 6) is 1.39. The summed E-state index contributed by atoms with van der Waals surface area (Å²) in [5, 5.41) is 9.88. The second-order valence-corrected chi connectivity index (χ2v) is 6.28. The van der Waals surface area contributed by atoms with E-state index in [9.17, 15) is 9.90 Å². The molecule has 0 bridgehead atoms. The minimum Gasteiger partial charge on any atom is -0.390 e. The van der Waals surface area contributed by atoms with E-state index in [-0.39, 0.29) is 5.92 Å². The zero-order valence-electron chi connectivity index (χ0n) is 11.1. The monoisotopic (exact) mass is 239 g/mol. The van der Waals surface area contributed by atoms with E-state index in [4.69, 9.17) is 0 Å². The van der Waals surface area contributed by atoms with Crippen LogP contribution in [0.5, 0.6) is 0 Å². The van der Waals surface area contributed by atoms with E-state index in [0.717, 1.165) is 44.7 Å². The molecule has 0 radical (unpaired) electrons. The summed E-state index contributed by atoms with van der Waals surface area (Å²) in [6, 6.07) is 0. The van der Waals surface area contributed by atoms with Crippen molar-refractivity contribution in [3.63, 3.8) is 0 Å². The number of rotatable bonds is 1. The van der Waals surface area contributed by atoms with Gasteiger partial charge in [0.05, 0.1) is 5.60 Å². The third-order valence-corrected chi connectivity index (χ3v) is 4.52. The van der Waals surface area contributed by atoms with Gasteiger partial charge in [0.2, 0.25) is 5.91 Å². The summed E-state index contributed by atoms with van der Waals surface area (Å²) in [4.78, 5) is 14.3. The van der Waals surface area contributed by atoms with Gasteiger partial charge in [0.15, 0.2) is 0 Å². The largest absolute Gasteiger partial charge is 0.390 e. The van der Waals surface area contributed by atoms with Gasteiger partial charge in [0, 0.05) is 19.0 Å². The Morgan fingerprint density at radius 3 is 2.24 bits per heavy atom. The van der Waals surface area contributed by atoms with Crippen molar-refractivity contribution in [3.8, 4) is 0 Å². The van der Waals surface area contributed by atoms with Crippen molar-refractivity contribution in [2.75, 3.05) is 13.1 Å². The molecule has 2 rings (SSSR count). The second-order valence-electron chi connectivity index (χ2n) is 6.28. The zero-order chi connectivity index (χ0) is 12.5. The van der Waals surface area contributed by atoms with E-state index in [0.29, 0.717) is 5.91 Å². The van der Waals surface area contributed by atoms with Gasteiger partial charge in [-0.3, -0.25) is 4.79 Å². The fourth-order valence-electron chi connectivity index (χ4n) is 2.97. The van der Waals surface area contributed by atoms with Gasteiger partial charge in [-0.05, 0) is 51.4 Å². The zero-order valence-corrected chi connectivity index (χ0v) is 11.1. The Bertz CT molecular complexity index is 270. The number of carbonyl (C=O) groups is 1. The van der Waals surface area contributed by atoms with Crippen molar-refractivity contribution in [2.45, 2.75) is 58.0 Å². The molecule has 0 aromatic carbocycles. The van der Waals surface area contributed by atoms with E-state index in [1.807, 2.05) is 11.8 Å². The van der Waals surface area contributed by atoms with Gasteiger partial charge in [0.1, 0.15) is 0 Å². The molecule has 1 heterocycles. The smallest absolute Gasteiger partial charge is 0.225 e. The maximum Gasteiger partial charge on any atom is 0.225 e. The molecule has 17 heavy (non-hydrogen) atoms. The highest BCUT2D eigenvalue weighted by Gasteiger charge is 2.33. The molecule has 1 aliphatic heterocycles. The predicted octanol–water partition coefficient (Wildman–Crippen LogP) is 2.19. The highest BCUT2D eigenvalue weighted by molar-refractivity contribution is 5.79. The second kappa shape index (κ2) is 4.97. The van der Waals surface area contributed by atoms with E-state index in [1.165, 1.54) is 12.8 Å². The van der Waals surface area contributed by atoms with Gasteiger partial charge in [-0.2, -0.15) is 0 Å². The molecule has 2 fully saturated rings. The molecule has 1 aliphatic carbocycles. The normalized spacial score (nSPS) is 33.5. The third-order valence-electron chi connectivity index (χ3n) is 4.52. The van der Waals surface area contributed by atoms with Crippen LogP contribution in [0.1, 0.15) is 52.4 Å². The van der Waals surface area contributed by atoms with Crippen molar-refractivity contribution < 1.29 is 9.90 Å². The SMILES string of the molecule is CC1CCC(C(=O)N2CCC(C)(O)CC2)CC1. The van der Waals surface area contributed by atoms with E-state index >= 15 is 0 Å². The topological polar surface area (TPSA) is 40.5 Å². The summed E-state index contributed by atoms with van der Waals surface area (Å²) in [7, 11) is 0. The number of nitrogens with zero attached hydrogens (tertiary/aromatic N) is 1. The summed E-state index contributed by atoms with van der Waals surface area (Å²) < 4.78 is 0. The van der Waals surface area contributed by atoms with Crippen LogP contribution in [0.3, 0.4) is 0 Å². The quantitative estimate of drug-likeness (QED) is 0.762. The standard InChI is InChI=1S/C14H25NO2/c1-11-3-5-12(6-4-11)13(16)15-9-7-14(2,17)8-10-15/h11-12,17H,3-10H2,1-2H3. The number of amides is 1. The first-order valence-corrected chi connectivity index (χ1v) is 6.99. The van der Waals surface area contributed by atoms with E-state index in [1.54, 1.807) is 0 Å². The Morgan fingerprint density at radius 2 is 1.71 bits per heavy atom. The maximum absolute atomic E-state index is 12.3. The Balaban J connectivity index is 1.84. The summed E-state index contributed by atoms with van der Waals surface area (Å²) in [6.07, 6.45) is 5.97. The first-order valence-electron chi connectivity index (χ1n) is 6.99. The molecular weight excluding hydrogens is 214 g/mol. The van der Waals surface area contributed by atoms with E-state index in [2.05, 4.69) is 6.92 Å². The van der Waals surface area contributed by atoms with Gasteiger partial charge in [0.25, 0.3) is 0 Å². The molecule has 1 amide bonds. The third kappa shape index (κ3) is 3.21. The fourth-order valence-corrected chi connectivity index (χ4v) is 2.97. The lowest BCUT2D eigenvalue weighted by Gasteiger charge is -2.38. The molecule has 0 atom stereocenters. The van der Waals surface area contributed by atoms with Gasteiger partial charge in [-0.25, -0.2) is 0 Å². The van der Waals surface area contributed by atoms with Crippen LogP contribution in [0.4, 0.5) is 0 Å². The summed E-state index contributed by atoms with van der Waals surface area (Å²) >= 11 is 0. The van der Waals surface area contributed by atoms with E-state index < -0.39 is 5.60 Å². The lowest BCUT2D eigenvalue weighted by molar-refractivity contribution is -0.140. The molecule has 2 aliphatic rings. The highest BCUT2D eigenvalue weighted by Crippen LogP contribution is 2.31. The van der Waals surface area contributed by atoms with Gasteiger partial charge < -0.3 is 10.0 Å². The summed E-state index contributed by atoms with van der Waals surface area (Å²) in [6.45, 7) is 5.62. The van der Waals surface area contributed by atoms with Crippen molar-refractivity contribution in [2.24, 2.45) is 11.8 Å². The average molecular weight is 239 g/mol. The molecule has 0 aromatic rings. The van der Waals surface area contributed by atoms with Crippen LogP contribution >= 0.6 is 0 Å². The molecular formula is C14H25NO2. The lowest BCUT2D eigenvalue weighted by Crippen LogP contribution is -2.47. The molecule has 3 nitrogen and oxygen atoms in total. The Labute approximate surface area is 104 Å².